The van der Waals surface area contributed by atoms with Crippen molar-refractivity contribution in [3.05, 3.63) is 65.5 Å². The number of amides is 2. The molecule has 0 aliphatic rings. The number of rotatable bonds is 12. The van der Waals surface area contributed by atoms with E-state index in [4.69, 9.17) is 4.74 Å². The Labute approximate surface area is 188 Å². The largest absolute Gasteiger partial charge is 0.497 e. The third-order valence-electron chi connectivity index (χ3n) is 4.86. The zero-order chi connectivity index (χ0) is 22.6. The molecule has 0 radical (unpaired) electrons. The first-order chi connectivity index (χ1) is 15.0. The molecule has 2 rings (SSSR count). The van der Waals surface area contributed by atoms with Crippen molar-refractivity contribution < 1.29 is 18.7 Å². The normalized spacial score (nSPS) is 11.6. The van der Waals surface area contributed by atoms with Gasteiger partial charge in [-0.25, -0.2) is 4.39 Å². The Morgan fingerprint density at radius 2 is 1.94 bits per heavy atom. The highest BCUT2D eigenvalue weighted by Crippen LogP contribution is 2.20. The van der Waals surface area contributed by atoms with Gasteiger partial charge in [0.1, 0.15) is 17.6 Å². The van der Waals surface area contributed by atoms with Crippen LogP contribution in [0.4, 0.5) is 4.39 Å². The molecule has 5 nitrogen and oxygen atoms in total. The highest BCUT2D eigenvalue weighted by atomic mass is 32.2. The molecule has 0 aliphatic carbocycles. The van der Waals surface area contributed by atoms with Crippen molar-refractivity contribution in [3.8, 4) is 5.75 Å². The third kappa shape index (κ3) is 7.58. The molecular formula is C24H31FN2O3S. The van der Waals surface area contributed by atoms with E-state index in [1.54, 1.807) is 30.2 Å². The number of hydrogen-bond donors (Lipinski definition) is 1. The van der Waals surface area contributed by atoms with Crippen molar-refractivity contribution in [2.75, 3.05) is 19.4 Å². The molecule has 31 heavy (non-hydrogen) atoms. The Morgan fingerprint density at radius 3 is 2.61 bits per heavy atom. The fraction of sp³-hybridized carbons (Fsp3) is 0.417. The number of carbonyl (C=O) groups is 2. The number of nitrogens with one attached hydrogen (secondary N) is 1. The van der Waals surface area contributed by atoms with Crippen molar-refractivity contribution in [2.45, 2.75) is 45.0 Å². The number of thioether (sulfide) groups is 1. The molecule has 0 spiro atoms. The van der Waals surface area contributed by atoms with Crippen molar-refractivity contribution >= 4 is 23.6 Å². The second kappa shape index (κ2) is 13.0. The maximum atomic E-state index is 13.9. The highest BCUT2D eigenvalue weighted by molar-refractivity contribution is 7.99. The molecule has 1 atom stereocenters. The maximum Gasteiger partial charge on any atom is 0.242 e. The summed E-state index contributed by atoms with van der Waals surface area (Å²) < 4.78 is 19.2. The second-order valence-electron chi connectivity index (χ2n) is 7.17. The highest BCUT2D eigenvalue weighted by Gasteiger charge is 2.28. The summed E-state index contributed by atoms with van der Waals surface area (Å²) in [6.07, 6.45) is 1.33. The van der Waals surface area contributed by atoms with Gasteiger partial charge in [0.2, 0.25) is 11.8 Å². The number of carbonyl (C=O) groups excluding carboxylic acids is 2. The van der Waals surface area contributed by atoms with Crippen LogP contribution in [0.15, 0.2) is 48.5 Å². The van der Waals surface area contributed by atoms with E-state index in [2.05, 4.69) is 5.32 Å². The summed E-state index contributed by atoms with van der Waals surface area (Å²) in [7, 11) is 1.59. The SMILES string of the molecule is CCCNC(=O)C(CC)N(Cc1cccc(OC)c1)C(=O)CSCc1ccccc1F. The lowest BCUT2D eigenvalue weighted by Gasteiger charge is -2.30. The van der Waals surface area contributed by atoms with Crippen molar-refractivity contribution in [3.63, 3.8) is 0 Å². The van der Waals surface area contributed by atoms with Crippen LogP contribution in [-0.4, -0.2) is 42.2 Å². The number of ether oxygens (including phenoxy) is 1. The van der Waals surface area contributed by atoms with Crippen molar-refractivity contribution in [2.24, 2.45) is 0 Å². The number of hydrogen-bond acceptors (Lipinski definition) is 4. The monoisotopic (exact) mass is 446 g/mol. The van der Waals surface area contributed by atoms with Gasteiger partial charge < -0.3 is 15.0 Å². The van der Waals surface area contributed by atoms with Crippen LogP contribution >= 0.6 is 11.8 Å². The van der Waals surface area contributed by atoms with Crippen LogP contribution in [0.1, 0.15) is 37.8 Å². The van der Waals surface area contributed by atoms with Gasteiger partial charge in [-0.2, -0.15) is 0 Å². The summed E-state index contributed by atoms with van der Waals surface area (Å²) >= 11 is 1.35. The Balaban J connectivity index is 2.15. The summed E-state index contributed by atoms with van der Waals surface area (Å²) in [6.45, 7) is 4.75. The molecule has 2 aromatic rings. The lowest BCUT2D eigenvalue weighted by Crippen LogP contribution is -2.49. The fourth-order valence-electron chi connectivity index (χ4n) is 3.20. The third-order valence-corrected chi connectivity index (χ3v) is 5.83. The fourth-order valence-corrected chi connectivity index (χ4v) is 4.10. The molecule has 1 N–H and O–H groups in total. The number of halogens is 1. The van der Waals surface area contributed by atoms with Gasteiger partial charge in [-0.15, -0.1) is 11.8 Å². The van der Waals surface area contributed by atoms with Crippen molar-refractivity contribution in [1.82, 2.24) is 10.2 Å². The van der Waals surface area contributed by atoms with E-state index < -0.39 is 6.04 Å². The summed E-state index contributed by atoms with van der Waals surface area (Å²) in [6, 6.07) is 13.5. The summed E-state index contributed by atoms with van der Waals surface area (Å²) in [5.41, 5.74) is 1.45. The van der Waals surface area contributed by atoms with E-state index in [0.717, 1.165) is 12.0 Å². The molecule has 0 fully saturated rings. The number of nitrogens with zero attached hydrogens (tertiary/aromatic N) is 1. The summed E-state index contributed by atoms with van der Waals surface area (Å²) in [5, 5.41) is 2.90. The molecule has 0 aromatic heterocycles. The average Bonchev–Trinajstić information content (AvgIpc) is 2.78. The van der Waals surface area contributed by atoms with Crippen LogP contribution in [0.25, 0.3) is 0 Å². The topological polar surface area (TPSA) is 58.6 Å². The quantitative estimate of drug-likeness (QED) is 0.525. The zero-order valence-corrected chi connectivity index (χ0v) is 19.2. The van der Waals surface area contributed by atoms with Crippen LogP contribution in [0, 0.1) is 5.82 Å². The van der Waals surface area contributed by atoms with Gasteiger partial charge in [-0.05, 0) is 42.2 Å². The van der Waals surface area contributed by atoms with Crippen LogP contribution in [-0.2, 0) is 21.9 Å². The van der Waals surface area contributed by atoms with Gasteiger partial charge in [-0.3, -0.25) is 9.59 Å². The first kappa shape index (κ1) is 24.7. The smallest absolute Gasteiger partial charge is 0.242 e. The van der Waals surface area contributed by atoms with E-state index in [1.807, 2.05) is 38.1 Å². The van der Waals surface area contributed by atoms with Crippen LogP contribution in [0.3, 0.4) is 0 Å². The molecule has 0 bridgehead atoms. The molecule has 0 heterocycles. The second-order valence-corrected chi connectivity index (χ2v) is 8.16. The van der Waals surface area contributed by atoms with Gasteiger partial charge >= 0.3 is 0 Å². The lowest BCUT2D eigenvalue weighted by atomic mass is 10.1. The van der Waals surface area contributed by atoms with Crippen LogP contribution < -0.4 is 10.1 Å². The van der Waals surface area contributed by atoms with Crippen LogP contribution in [0.2, 0.25) is 0 Å². The Kier molecular flexibility index (Phi) is 10.4. The van der Waals surface area contributed by atoms with E-state index >= 15 is 0 Å². The summed E-state index contributed by atoms with van der Waals surface area (Å²) in [4.78, 5) is 27.5. The molecular weight excluding hydrogens is 415 g/mol. The maximum absolute atomic E-state index is 13.9. The van der Waals surface area contributed by atoms with E-state index in [0.29, 0.717) is 36.6 Å². The Morgan fingerprint density at radius 1 is 1.16 bits per heavy atom. The van der Waals surface area contributed by atoms with Gasteiger partial charge in [0.15, 0.2) is 0 Å². The Hall–Kier alpha value is -2.54. The zero-order valence-electron chi connectivity index (χ0n) is 18.4. The molecule has 1 unspecified atom stereocenters. The predicted molar refractivity (Wildman–Crippen MR) is 123 cm³/mol. The van der Waals surface area contributed by atoms with E-state index in [9.17, 15) is 14.0 Å². The minimum absolute atomic E-state index is 0.150. The average molecular weight is 447 g/mol. The first-order valence-electron chi connectivity index (χ1n) is 10.5. The predicted octanol–water partition coefficient (Wildman–Crippen LogP) is 4.40. The summed E-state index contributed by atoms with van der Waals surface area (Å²) in [5.74, 6) is 0.672. The number of methoxy groups -OCH3 is 1. The van der Waals surface area contributed by atoms with Gasteiger partial charge in [0.05, 0.1) is 12.9 Å². The minimum atomic E-state index is -0.570. The van der Waals surface area contributed by atoms with Gasteiger partial charge in [0, 0.05) is 18.8 Å². The van der Waals surface area contributed by atoms with E-state index in [1.165, 1.54) is 17.8 Å². The van der Waals surface area contributed by atoms with Gasteiger partial charge in [0.25, 0.3) is 0 Å². The number of benzene rings is 2. The lowest BCUT2D eigenvalue weighted by molar-refractivity contribution is -0.139. The van der Waals surface area contributed by atoms with E-state index in [-0.39, 0.29) is 23.4 Å². The van der Waals surface area contributed by atoms with Gasteiger partial charge in [-0.1, -0.05) is 44.2 Å². The molecule has 2 aromatic carbocycles. The molecule has 0 saturated heterocycles. The first-order valence-corrected chi connectivity index (χ1v) is 11.7. The Bertz CT molecular complexity index is 862. The molecule has 7 heteroatoms. The molecule has 0 aliphatic heterocycles. The molecule has 2 amide bonds. The molecule has 0 saturated carbocycles. The molecule has 168 valence electrons. The standard InChI is InChI=1S/C24H31FN2O3S/c1-4-13-26-24(29)22(5-2)27(15-18-9-8-11-20(14-18)30-3)23(28)17-31-16-19-10-6-7-12-21(19)25/h6-12,14,22H,4-5,13,15-17H2,1-3H3,(H,26,29). The minimum Gasteiger partial charge on any atom is -0.497 e. The van der Waals surface area contributed by atoms with Crippen molar-refractivity contribution in [1.29, 1.82) is 0 Å². The van der Waals surface area contributed by atoms with Crippen LogP contribution in [0.5, 0.6) is 5.75 Å².